The summed E-state index contributed by atoms with van der Waals surface area (Å²) in [5.74, 6) is 0.239. The number of anilines is 2. The third-order valence-electron chi connectivity index (χ3n) is 4.52. The monoisotopic (exact) mass is 484 g/mol. The largest absolute Gasteiger partial charge is 0.497 e. The Hall–Kier alpha value is -3.89. The zero-order valence-electron chi connectivity index (χ0n) is 17.2. The lowest BCUT2D eigenvalue weighted by atomic mass is 10.2. The summed E-state index contributed by atoms with van der Waals surface area (Å²) in [4.78, 5) is 12.8. The van der Waals surface area contributed by atoms with Crippen molar-refractivity contribution in [3.05, 3.63) is 83.4 Å². The Labute approximate surface area is 194 Å². The highest BCUT2D eigenvalue weighted by Crippen LogP contribution is 2.25. The normalized spacial score (nSPS) is 11.1. The second kappa shape index (κ2) is 9.31. The van der Waals surface area contributed by atoms with Crippen LogP contribution in [-0.2, 0) is 10.0 Å². The number of carbonyl (C=O) groups excluding carboxylic acids is 1. The van der Waals surface area contributed by atoms with Crippen LogP contribution in [0.2, 0.25) is 5.02 Å². The van der Waals surface area contributed by atoms with E-state index in [9.17, 15) is 13.2 Å². The summed E-state index contributed by atoms with van der Waals surface area (Å²) >= 11 is 5.83. The predicted octanol–water partition coefficient (Wildman–Crippen LogP) is 4.45. The lowest BCUT2D eigenvalue weighted by Crippen LogP contribution is -2.18. The van der Waals surface area contributed by atoms with Crippen molar-refractivity contribution >= 4 is 39.2 Å². The smallest absolute Gasteiger partial charge is 0.322 e. The molecule has 4 aromatic rings. The van der Waals surface area contributed by atoms with Crippen molar-refractivity contribution in [1.29, 1.82) is 0 Å². The van der Waals surface area contributed by atoms with Crippen LogP contribution < -0.4 is 14.8 Å². The number of para-hydroxylation sites is 1. The average molecular weight is 485 g/mol. The SMILES string of the molecule is COc1ccc(-c2nnc(NC(=O)c3ccccc3NS(=O)(=O)c3ccc(Cl)cc3)o2)cc1. The number of nitrogens with zero attached hydrogens (tertiary/aromatic N) is 2. The van der Waals surface area contributed by atoms with Crippen LogP contribution in [0.1, 0.15) is 10.4 Å². The van der Waals surface area contributed by atoms with E-state index in [-0.39, 0.29) is 28.1 Å². The van der Waals surface area contributed by atoms with Crippen LogP contribution in [0.5, 0.6) is 5.75 Å². The zero-order valence-corrected chi connectivity index (χ0v) is 18.7. The van der Waals surface area contributed by atoms with Gasteiger partial charge in [0.25, 0.3) is 15.9 Å². The summed E-state index contributed by atoms with van der Waals surface area (Å²) in [5, 5.41) is 10.6. The van der Waals surface area contributed by atoms with Crippen molar-refractivity contribution in [2.45, 2.75) is 4.90 Å². The van der Waals surface area contributed by atoms with E-state index in [1.165, 1.54) is 36.4 Å². The second-order valence-electron chi connectivity index (χ2n) is 6.70. The molecule has 1 aromatic heterocycles. The molecule has 0 saturated carbocycles. The number of hydrogen-bond donors (Lipinski definition) is 2. The standard InChI is InChI=1S/C22H17ClN4O5S/c1-31-16-10-6-14(7-11-16)21-25-26-22(32-21)24-20(28)18-4-2-3-5-19(18)27-33(29,30)17-12-8-15(23)9-13-17/h2-13,27H,1H3,(H,24,26,28). The number of ether oxygens (including phenoxy) is 1. The molecule has 0 aliphatic rings. The molecule has 3 aromatic carbocycles. The van der Waals surface area contributed by atoms with Gasteiger partial charge in [-0.25, -0.2) is 8.42 Å². The Bertz CT molecular complexity index is 1390. The molecule has 4 rings (SSSR count). The molecule has 0 bridgehead atoms. The van der Waals surface area contributed by atoms with Crippen molar-refractivity contribution < 1.29 is 22.4 Å². The summed E-state index contributed by atoms with van der Waals surface area (Å²) in [6, 6.07) is 18.6. The Balaban J connectivity index is 1.53. The first-order chi connectivity index (χ1) is 15.9. The number of halogens is 1. The lowest BCUT2D eigenvalue weighted by Gasteiger charge is -2.12. The molecule has 0 aliphatic carbocycles. The molecular formula is C22H17ClN4O5S. The molecule has 33 heavy (non-hydrogen) atoms. The summed E-state index contributed by atoms with van der Waals surface area (Å²) in [6.45, 7) is 0. The number of carbonyl (C=O) groups is 1. The highest BCUT2D eigenvalue weighted by atomic mass is 35.5. The van der Waals surface area contributed by atoms with Crippen molar-refractivity contribution in [1.82, 2.24) is 10.2 Å². The van der Waals surface area contributed by atoms with E-state index in [1.54, 1.807) is 43.5 Å². The Morgan fingerprint density at radius 2 is 1.67 bits per heavy atom. The van der Waals surface area contributed by atoms with Crippen molar-refractivity contribution in [2.24, 2.45) is 0 Å². The van der Waals surface area contributed by atoms with Crippen molar-refractivity contribution in [3.63, 3.8) is 0 Å². The van der Waals surface area contributed by atoms with Crippen LogP contribution in [0.4, 0.5) is 11.7 Å². The maximum Gasteiger partial charge on any atom is 0.322 e. The molecule has 2 N–H and O–H groups in total. The molecule has 0 spiro atoms. The first kappa shape index (κ1) is 22.3. The third kappa shape index (κ3) is 5.13. The topological polar surface area (TPSA) is 123 Å². The van der Waals surface area contributed by atoms with Crippen LogP contribution in [0.25, 0.3) is 11.5 Å². The van der Waals surface area contributed by atoms with E-state index < -0.39 is 15.9 Å². The molecular weight excluding hydrogens is 468 g/mol. The van der Waals surface area contributed by atoms with E-state index in [2.05, 4.69) is 20.2 Å². The van der Waals surface area contributed by atoms with Gasteiger partial charge in [0.1, 0.15) is 5.75 Å². The second-order valence-corrected chi connectivity index (χ2v) is 8.82. The Morgan fingerprint density at radius 3 is 2.36 bits per heavy atom. The number of aromatic nitrogens is 2. The molecule has 1 heterocycles. The number of nitrogens with one attached hydrogen (secondary N) is 2. The molecule has 0 aliphatic heterocycles. The minimum Gasteiger partial charge on any atom is -0.497 e. The maximum absolute atomic E-state index is 12.8. The van der Waals surface area contributed by atoms with Crippen LogP contribution in [0, 0.1) is 0 Å². The number of methoxy groups -OCH3 is 1. The van der Waals surface area contributed by atoms with Crippen LogP contribution >= 0.6 is 11.6 Å². The fraction of sp³-hybridized carbons (Fsp3) is 0.0455. The Morgan fingerprint density at radius 1 is 0.970 bits per heavy atom. The fourth-order valence-corrected chi connectivity index (χ4v) is 4.08. The molecule has 0 fully saturated rings. The van der Waals surface area contributed by atoms with Crippen LogP contribution in [0.3, 0.4) is 0 Å². The van der Waals surface area contributed by atoms with Gasteiger partial charge in [-0.2, -0.15) is 0 Å². The van der Waals surface area contributed by atoms with E-state index >= 15 is 0 Å². The maximum atomic E-state index is 12.8. The van der Waals surface area contributed by atoms with Gasteiger partial charge in [0.2, 0.25) is 5.89 Å². The molecule has 11 heteroatoms. The molecule has 168 valence electrons. The summed E-state index contributed by atoms with van der Waals surface area (Å²) in [6.07, 6.45) is 0. The Kier molecular flexibility index (Phi) is 6.29. The highest BCUT2D eigenvalue weighted by molar-refractivity contribution is 7.92. The van der Waals surface area contributed by atoms with Crippen LogP contribution in [-0.4, -0.2) is 31.6 Å². The lowest BCUT2D eigenvalue weighted by molar-refractivity contribution is 0.102. The van der Waals surface area contributed by atoms with E-state index in [0.717, 1.165) is 0 Å². The number of amides is 1. The number of benzene rings is 3. The van der Waals surface area contributed by atoms with E-state index in [0.29, 0.717) is 16.3 Å². The van der Waals surface area contributed by atoms with Gasteiger partial charge in [0.15, 0.2) is 0 Å². The summed E-state index contributed by atoms with van der Waals surface area (Å²) in [7, 11) is -2.39. The van der Waals surface area contributed by atoms with Gasteiger partial charge in [-0.1, -0.05) is 28.8 Å². The molecule has 0 radical (unpaired) electrons. The number of sulfonamides is 1. The zero-order chi connectivity index (χ0) is 23.4. The van der Waals surface area contributed by atoms with E-state index in [4.69, 9.17) is 20.8 Å². The van der Waals surface area contributed by atoms with Gasteiger partial charge in [-0.05, 0) is 60.7 Å². The van der Waals surface area contributed by atoms with Gasteiger partial charge in [-0.3, -0.25) is 14.8 Å². The fourth-order valence-electron chi connectivity index (χ4n) is 2.88. The van der Waals surface area contributed by atoms with Gasteiger partial charge < -0.3 is 9.15 Å². The molecule has 0 unspecified atom stereocenters. The van der Waals surface area contributed by atoms with Gasteiger partial charge in [0, 0.05) is 10.6 Å². The van der Waals surface area contributed by atoms with Gasteiger partial charge >= 0.3 is 6.01 Å². The third-order valence-corrected chi connectivity index (χ3v) is 6.16. The molecule has 0 saturated heterocycles. The summed E-state index contributed by atoms with van der Waals surface area (Å²) < 4.78 is 38.5. The summed E-state index contributed by atoms with van der Waals surface area (Å²) in [5.41, 5.74) is 0.791. The molecule has 0 atom stereocenters. The minimum atomic E-state index is -3.95. The van der Waals surface area contributed by atoms with Crippen LogP contribution in [0.15, 0.2) is 82.1 Å². The first-order valence-electron chi connectivity index (χ1n) is 9.52. The van der Waals surface area contributed by atoms with Gasteiger partial charge in [-0.15, -0.1) is 5.10 Å². The highest BCUT2D eigenvalue weighted by Gasteiger charge is 2.20. The van der Waals surface area contributed by atoms with E-state index in [1.807, 2.05) is 0 Å². The average Bonchev–Trinajstić information content (AvgIpc) is 3.28. The number of hydrogen-bond acceptors (Lipinski definition) is 7. The van der Waals surface area contributed by atoms with Crippen molar-refractivity contribution in [3.8, 4) is 17.2 Å². The minimum absolute atomic E-state index is 0.00291. The number of rotatable bonds is 7. The molecule has 1 amide bonds. The quantitative estimate of drug-likeness (QED) is 0.397. The molecule has 9 nitrogen and oxygen atoms in total. The van der Waals surface area contributed by atoms with Crippen molar-refractivity contribution in [2.75, 3.05) is 17.1 Å². The predicted molar refractivity (Wildman–Crippen MR) is 123 cm³/mol. The van der Waals surface area contributed by atoms with Gasteiger partial charge in [0.05, 0.1) is 23.3 Å². The first-order valence-corrected chi connectivity index (χ1v) is 11.4.